The molecule has 2 rings (SSSR count). The minimum absolute atomic E-state index is 0.0434. The Labute approximate surface area is 187 Å². The molecule has 0 aliphatic heterocycles. The predicted molar refractivity (Wildman–Crippen MR) is 124 cm³/mol. The van der Waals surface area contributed by atoms with Gasteiger partial charge >= 0.3 is 0 Å². The van der Waals surface area contributed by atoms with Crippen LogP contribution in [0.4, 0.5) is 5.69 Å². The second kappa shape index (κ2) is 12.1. The minimum atomic E-state index is -0.534. The van der Waals surface area contributed by atoms with Crippen LogP contribution in [0.5, 0.6) is 0 Å². The van der Waals surface area contributed by atoms with Gasteiger partial charge in [0, 0.05) is 31.0 Å². The van der Waals surface area contributed by atoms with Crippen LogP contribution >= 0.6 is 11.8 Å². The van der Waals surface area contributed by atoms with E-state index in [1.807, 2.05) is 45.0 Å². The maximum Gasteiger partial charge on any atom is 0.269 e. The van der Waals surface area contributed by atoms with Crippen molar-refractivity contribution in [1.29, 1.82) is 0 Å². The van der Waals surface area contributed by atoms with E-state index in [-0.39, 0.29) is 23.3 Å². The molecule has 0 aliphatic rings. The summed E-state index contributed by atoms with van der Waals surface area (Å²) in [6.45, 7) is 6.64. The minimum Gasteiger partial charge on any atom is -0.355 e. The van der Waals surface area contributed by atoms with Gasteiger partial charge in [0.05, 0.1) is 10.7 Å². The van der Waals surface area contributed by atoms with Crippen LogP contribution in [0, 0.1) is 17.0 Å². The Morgan fingerprint density at radius 1 is 1.13 bits per heavy atom. The van der Waals surface area contributed by atoms with E-state index in [0.29, 0.717) is 25.3 Å². The maximum atomic E-state index is 13.1. The van der Waals surface area contributed by atoms with Crippen molar-refractivity contribution in [1.82, 2.24) is 10.2 Å². The summed E-state index contributed by atoms with van der Waals surface area (Å²) in [5, 5.41) is 13.6. The number of non-ortho nitro benzene ring substituents is 1. The normalized spacial score (nSPS) is 11.6. The third-order valence-corrected chi connectivity index (χ3v) is 5.80. The van der Waals surface area contributed by atoms with Crippen molar-refractivity contribution in [3.05, 3.63) is 75.3 Å². The van der Waals surface area contributed by atoms with Crippen LogP contribution < -0.4 is 5.32 Å². The molecule has 2 amide bonds. The predicted octanol–water partition coefficient (Wildman–Crippen LogP) is 4.08. The first kappa shape index (κ1) is 24.4. The monoisotopic (exact) mass is 443 g/mol. The highest BCUT2D eigenvalue weighted by atomic mass is 32.2. The molecule has 1 N–H and O–H groups in total. The summed E-state index contributed by atoms with van der Waals surface area (Å²) in [6.07, 6.45) is 0.524. The molecule has 0 saturated carbocycles. The molecule has 0 spiro atoms. The summed E-state index contributed by atoms with van der Waals surface area (Å²) < 4.78 is 0. The Morgan fingerprint density at radius 2 is 1.84 bits per heavy atom. The lowest BCUT2D eigenvalue weighted by atomic mass is 10.1. The van der Waals surface area contributed by atoms with E-state index in [4.69, 9.17) is 0 Å². The van der Waals surface area contributed by atoms with Crippen molar-refractivity contribution >= 4 is 29.3 Å². The van der Waals surface area contributed by atoms with Crippen molar-refractivity contribution in [2.75, 3.05) is 12.3 Å². The van der Waals surface area contributed by atoms with E-state index in [9.17, 15) is 19.7 Å². The van der Waals surface area contributed by atoms with Crippen molar-refractivity contribution in [3.8, 4) is 0 Å². The third-order valence-electron chi connectivity index (χ3n) is 4.81. The van der Waals surface area contributed by atoms with Crippen LogP contribution in [-0.4, -0.2) is 40.0 Å². The quantitative estimate of drug-likeness (QED) is 0.417. The van der Waals surface area contributed by atoms with Crippen molar-refractivity contribution in [3.63, 3.8) is 0 Å². The zero-order valence-electron chi connectivity index (χ0n) is 18.2. The Bertz CT molecular complexity index is 902. The highest BCUT2D eigenvalue weighted by Crippen LogP contribution is 2.19. The molecular weight excluding hydrogens is 414 g/mol. The summed E-state index contributed by atoms with van der Waals surface area (Å²) in [7, 11) is 0. The van der Waals surface area contributed by atoms with Crippen LogP contribution in [0.1, 0.15) is 37.0 Å². The Kier molecular flexibility index (Phi) is 9.52. The molecule has 0 unspecified atom stereocenters. The number of nitrogens with zero attached hydrogens (tertiary/aromatic N) is 2. The summed E-state index contributed by atoms with van der Waals surface area (Å²) in [5.41, 5.74) is 3.03. The van der Waals surface area contributed by atoms with E-state index in [1.165, 1.54) is 23.9 Å². The number of benzene rings is 2. The lowest BCUT2D eigenvalue weighted by molar-refractivity contribution is -0.384. The zero-order valence-corrected chi connectivity index (χ0v) is 19.0. The summed E-state index contributed by atoms with van der Waals surface area (Å²) in [5.74, 6) is 0.525. The van der Waals surface area contributed by atoms with Crippen LogP contribution in [0.15, 0.2) is 48.5 Å². The molecule has 0 radical (unpaired) electrons. The van der Waals surface area contributed by atoms with Crippen LogP contribution in [0.25, 0.3) is 0 Å². The highest BCUT2D eigenvalue weighted by molar-refractivity contribution is 7.99. The van der Waals surface area contributed by atoms with Gasteiger partial charge in [0.2, 0.25) is 11.8 Å². The number of rotatable bonds is 11. The first-order chi connectivity index (χ1) is 14.8. The lowest BCUT2D eigenvalue weighted by Crippen LogP contribution is -2.49. The number of nitro benzene ring substituents is 1. The van der Waals surface area contributed by atoms with Crippen LogP contribution in [0.2, 0.25) is 0 Å². The SMILES string of the molecule is CCNC(=O)[C@H](CC)N(Cc1cccc(C)c1)C(=O)CSCc1ccc([N+](=O)[O-])cc1. The number of carbonyl (C=O) groups excluding carboxylic acids is 2. The van der Waals surface area contributed by atoms with Gasteiger partial charge in [-0.2, -0.15) is 0 Å². The Morgan fingerprint density at radius 3 is 2.42 bits per heavy atom. The van der Waals surface area contributed by atoms with E-state index < -0.39 is 11.0 Å². The fraction of sp³-hybridized carbons (Fsp3) is 0.391. The molecule has 2 aromatic rings. The summed E-state index contributed by atoms with van der Waals surface area (Å²) in [6, 6.07) is 13.7. The Balaban J connectivity index is 2.09. The number of carbonyl (C=O) groups is 2. The molecule has 166 valence electrons. The summed E-state index contributed by atoms with van der Waals surface area (Å²) >= 11 is 1.43. The van der Waals surface area contributed by atoms with Gasteiger partial charge in [-0.25, -0.2) is 0 Å². The van der Waals surface area contributed by atoms with Crippen molar-refractivity contribution in [2.24, 2.45) is 0 Å². The molecular formula is C23H29N3O4S. The van der Waals surface area contributed by atoms with Gasteiger partial charge in [-0.05, 0) is 31.4 Å². The average molecular weight is 444 g/mol. The van der Waals surface area contributed by atoms with Gasteiger partial charge in [0.25, 0.3) is 5.69 Å². The molecule has 8 heteroatoms. The van der Waals surface area contributed by atoms with Crippen LogP contribution in [0.3, 0.4) is 0 Å². The number of nitro groups is 1. The van der Waals surface area contributed by atoms with Gasteiger partial charge in [0.1, 0.15) is 6.04 Å². The number of hydrogen-bond acceptors (Lipinski definition) is 5. The van der Waals surface area contributed by atoms with Crippen molar-refractivity contribution in [2.45, 2.75) is 45.5 Å². The molecule has 0 bridgehead atoms. The topological polar surface area (TPSA) is 92.6 Å². The molecule has 7 nitrogen and oxygen atoms in total. The number of amides is 2. The van der Waals surface area contributed by atoms with Gasteiger partial charge < -0.3 is 10.2 Å². The van der Waals surface area contributed by atoms with Crippen molar-refractivity contribution < 1.29 is 14.5 Å². The molecule has 0 saturated heterocycles. The van der Waals surface area contributed by atoms with Gasteiger partial charge in [-0.3, -0.25) is 19.7 Å². The fourth-order valence-electron chi connectivity index (χ4n) is 3.27. The first-order valence-corrected chi connectivity index (χ1v) is 11.4. The smallest absolute Gasteiger partial charge is 0.269 e. The largest absolute Gasteiger partial charge is 0.355 e. The molecule has 0 aliphatic carbocycles. The summed E-state index contributed by atoms with van der Waals surface area (Å²) in [4.78, 5) is 37.7. The third kappa shape index (κ3) is 7.40. The molecule has 1 atom stereocenters. The highest BCUT2D eigenvalue weighted by Gasteiger charge is 2.28. The van der Waals surface area contributed by atoms with E-state index in [1.54, 1.807) is 17.0 Å². The lowest BCUT2D eigenvalue weighted by Gasteiger charge is -2.30. The molecule has 0 heterocycles. The van der Waals surface area contributed by atoms with Gasteiger partial charge in [-0.15, -0.1) is 11.8 Å². The van der Waals surface area contributed by atoms with Gasteiger partial charge in [0.15, 0.2) is 0 Å². The second-order valence-corrected chi connectivity index (χ2v) is 8.23. The van der Waals surface area contributed by atoms with Crippen LogP contribution in [-0.2, 0) is 21.9 Å². The number of nitrogens with one attached hydrogen (secondary N) is 1. The van der Waals surface area contributed by atoms with E-state index in [2.05, 4.69) is 5.32 Å². The molecule has 2 aromatic carbocycles. The number of thioether (sulfide) groups is 1. The average Bonchev–Trinajstić information content (AvgIpc) is 2.74. The Hall–Kier alpha value is -2.87. The van der Waals surface area contributed by atoms with Gasteiger partial charge in [-0.1, -0.05) is 48.9 Å². The van der Waals surface area contributed by atoms with E-state index >= 15 is 0 Å². The number of hydrogen-bond donors (Lipinski definition) is 1. The fourth-order valence-corrected chi connectivity index (χ4v) is 4.14. The molecule has 0 fully saturated rings. The standard InChI is InChI=1S/C23H29N3O4S/c1-4-21(23(28)24-5-2)25(14-19-8-6-7-17(3)13-19)22(27)16-31-15-18-9-11-20(12-10-18)26(29)30/h6-13,21H,4-5,14-16H2,1-3H3,(H,24,28)/t21-/m0/s1. The first-order valence-electron chi connectivity index (χ1n) is 10.3. The number of likely N-dealkylation sites (N-methyl/N-ethyl adjacent to an activating group) is 1. The molecule has 0 aromatic heterocycles. The van der Waals surface area contributed by atoms with E-state index in [0.717, 1.165) is 16.7 Å². The maximum absolute atomic E-state index is 13.1. The second-order valence-electron chi connectivity index (χ2n) is 7.25. The molecule has 31 heavy (non-hydrogen) atoms. The number of aryl methyl sites for hydroxylation is 1. The zero-order chi connectivity index (χ0) is 22.8.